The summed E-state index contributed by atoms with van der Waals surface area (Å²) in [6, 6.07) is 0. The molecular weight excluding hydrogens is 303 g/mol. The molecule has 0 saturated heterocycles. The molecule has 0 aliphatic heterocycles. The molecular formula is C10H14F3NO3S2. The Morgan fingerprint density at radius 2 is 2.00 bits per heavy atom. The third-order valence-electron chi connectivity index (χ3n) is 2.51. The number of nitrogens with zero attached hydrogens (tertiary/aromatic N) is 1. The molecule has 1 heterocycles. The monoisotopic (exact) mass is 317 g/mol. The van der Waals surface area contributed by atoms with Crippen molar-refractivity contribution in [2.45, 2.75) is 31.0 Å². The average Bonchev–Trinajstić information content (AvgIpc) is 2.66. The summed E-state index contributed by atoms with van der Waals surface area (Å²) in [4.78, 5) is 0.140. The minimum absolute atomic E-state index is 0.0929. The lowest BCUT2D eigenvalue weighted by atomic mass is 10.3. The number of aryl methyl sites for hydroxylation is 1. The van der Waals surface area contributed by atoms with Gasteiger partial charge in [0.25, 0.3) is 0 Å². The van der Waals surface area contributed by atoms with Crippen LogP contribution < -0.4 is 0 Å². The van der Waals surface area contributed by atoms with Gasteiger partial charge in [0.05, 0.1) is 17.9 Å². The fourth-order valence-corrected chi connectivity index (χ4v) is 4.28. The summed E-state index contributed by atoms with van der Waals surface area (Å²) in [5, 5.41) is 10.6. The highest BCUT2D eigenvalue weighted by molar-refractivity contribution is 7.89. The number of aliphatic hydroxyl groups is 1. The van der Waals surface area contributed by atoms with Crippen LogP contribution in [0, 0.1) is 6.92 Å². The maximum absolute atomic E-state index is 12.2. The Labute approximate surface area is 113 Å². The van der Waals surface area contributed by atoms with Crippen LogP contribution in [-0.4, -0.2) is 37.6 Å². The largest absolute Gasteiger partial charge is 0.391 e. The van der Waals surface area contributed by atoms with Crippen molar-refractivity contribution in [2.24, 2.45) is 0 Å². The van der Waals surface area contributed by atoms with Crippen LogP contribution in [0.15, 0.2) is 10.3 Å². The van der Waals surface area contributed by atoms with Gasteiger partial charge in [-0.1, -0.05) is 0 Å². The van der Waals surface area contributed by atoms with E-state index in [2.05, 4.69) is 0 Å². The summed E-state index contributed by atoms with van der Waals surface area (Å²) in [7, 11) is -2.91. The summed E-state index contributed by atoms with van der Waals surface area (Å²) in [5.41, 5.74) is 0.424. The number of rotatable bonds is 5. The van der Waals surface area contributed by atoms with E-state index in [1.54, 1.807) is 12.3 Å². The third kappa shape index (κ3) is 3.91. The van der Waals surface area contributed by atoms with E-state index in [-0.39, 0.29) is 9.77 Å². The average molecular weight is 317 g/mol. The van der Waals surface area contributed by atoms with E-state index < -0.39 is 35.8 Å². The van der Waals surface area contributed by atoms with Crippen molar-refractivity contribution in [1.82, 2.24) is 4.31 Å². The lowest BCUT2D eigenvalue weighted by molar-refractivity contribution is -0.135. The van der Waals surface area contributed by atoms with E-state index in [1.807, 2.05) is 0 Å². The third-order valence-corrected chi connectivity index (χ3v) is 5.82. The summed E-state index contributed by atoms with van der Waals surface area (Å²) in [6.07, 6.45) is -5.62. The van der Waals surface area contributed by atoms with Crippen molar-refractivity contribution in [2.75, 3.05) is 13.6 Å². The van der Waals surface area contributed by atoms with Crippen molar-refractivity contribution in [3.63, 3.8) is 0 Å². The van der Waals surface area contributed by atoms with Gasteiger partial charge in [-0.05, 0) is 17.9 Å². The van der Waals surface area contributed by atoms with Crippen molar-refractivity contribution in [3.8, 4) is 0 Å². The maximum atomic E-state index is 12.2. The Balaban J connectivity index is 3.00. The minimum Gasteiger partial charge on any atom is -0.391 e. The molecule has 110 valence electrons. The summed E-state index contributed by atoms with van der Waals surface area (Å²) >= 11 is 1.07. The van der Waals surface area contributed by atoms with Crippen LogP contribution in [0.2, 0.25) is 0 Å². The second-order valence-corrected chi connectivity index (χ2v) is 6.97. The highest BCUT2D eigenvalue weighted by Gasteiger charge is 2.32. The standard InChI is InChI=1S/C10H14F3NO3S2/c1-7-6-18-8(5-15)9(7)19(16,17)14(2)4-3-10(11,12)13/h6,15H,3-5H2,1-2H3. The number of sulfonamides is 1. The number of thiophene rings is 1. The number of hydrogen-bond donors (Lipinski definition) is 1. The molecule has 0 amide bonds. The second-order valence-electron chi connectivity index (χ2n) is 4.02. The van der Waals surface area contributed by atoms with Crippen molar-refractivity contribution in [1.29, 1.82) is 0 Å². The molecule has 1 rings (SSSR count). The fraction of sp³-hybridized carbons (Fsp3) is 0.600. The Kier molecular flexibility index (Phi) is 4.99. The Morgan fingerprint density at radius 1 is 1.42 bits per heavy atom. The van der Waals surface area contributed by atoms with E-state index in [0.29, 0.717) is 9.87 Å². The Hall–Kier alpha value is -0.640. The van der Waals surface area contributed by atoms with Gasteiger partial charge in [-0.25, -0.2) is 12.7 Å². The molecule has 0 aliphatic rings. The van der Waals surface area contributed by atoms with Crippen LogP contribution in [0.1, 0.15) is 16.9 Å². The normalized spacial score (nSPS) is 13.2. The molecule has 0 aliphatic carbocycles. The quantitative estimate of drug-likeness (QED) is 0.905. The molecule has 9 heteroatoms. The van der Waals surface area contributed by atoms with Crippen molar-refractivity contribution in [3.05, 3.63) is 15.8 Å². The van der Waals surface area contributed by atoms with Crippen molar-refractivity contribution >= 4 is 21.4 Å². The molecule has 0 bridgehead atoms. The first kappa shape index (κ1) is 16.4. The summed E-state index contributed by atoms with van der Waals surface area (Å²) in [5.74, 6) is 0. The number of alkyl halides is 3. The lowest BCUT2D eigenvalue weighted by Gasteiger charge is -2.18. The molecule has 19 heavy (non-hydrogen) atoms. The van der Waals surface area contributed by atoms with Gasteiger partial charge in [0.2, 0.25) is 10.0 Å². The second kappa shape index (κ2) is 5.78. The zero-order valence-electron chi connectivity index (χ0n) is 10.4. The first-order valence-electron chi connectivity index (χ1n) is 5.30. The molecule has 4 nitrogen and oxygen atoms in total. The molecule has 1 aromatic rings. The number of aliphatic hydroxyl groups excluding tert-OH is 1. The molecule has 0 atom stereocenters. The van der Waals surface area contributed by atoms with Crippen molar-refractivity contribution < 1.29 is 26.7 Å². The Bertz CT molecular complexity index is 537. The zero-order valence-corrected chi connectivity index (χ0v) is 12.0. The minimum atomic E-state index is -4.41. The molecule has 1 N–H and O–H groups in total. The topological polar surface area (TPSA) is 57.6 Å². The molecule has 0 spiro atoms. The first-order chi connectivity index (χ1) is 8.59. The van der Waals surface area contributed by atoms with E-state index in [0.717, 1.165) is 18.4 Å². The number of hydrogen-bond acceptors (Lipinski definition) is 4. The molecule has 0 saturated carbocycles. The first-order valence-corrected chi connectivity index (χ1v) is 7.62. The van der Waals surface area contributed by atoms with Gasteiger partial charge >= 0.3 is 6.18 Å². The molecule has 0 fully saturated rings. The van der Waals surface area contributed by atoms with E-state index >= 15 is 0 Å². The van der Waals surface area contributed by atoms with Crippen LogP contribution in [0.5, 0.6) is 0 Å². The fourth-order valence-electron chi connectivity index (χ4n) is 1.50. The molecule has 0 unspecified atom stereocenters. The predicted molar refractivity (Wildman–Crippen MR) is 65.5 cm³/mol. The highest BCUT2D eigenvalue weighted by atomic mass is 32.2. The van der Waals surface area contributed by atoms with Gasteiger partial charge in [0, 0.05) is 13.6 Å². The van der Waals surface area contributed by atoms with Gasteiger partial charge in [-0.15, -0.1) is 11.3 Å². The lowest BCUT2D eigenvalue weighted by Crippen LogP contribution is -2.31. The SMILES string of the molecule is Cc1csc(CO)c1S(=O)(=O)N(C)CCC(F)(F)F. The number of halogens is 3. The molecule has 0 aromatic carbocycles. The van der Waals surface area contributed by atoms with Gasteiger partial charge in [-0.3, -0.25) is 0 Å². The van der Waals surface area contributed by atoms with Gasteiger partial charge in [0.15, 0.2) is 0 Å². The van der Waals surface area contributed by atoms with Gasteiger partial charge in [-0.2, -0.15) is 13.2 Å². The smallest absolute Gasteiger partial charge is 0.390 e. The molecule has 0 radical (unpaired) electrons. The van der Waals surface area contributed by atoms with Gasteiger partial charge in [0.1, 0.15) is 4.90 Å². The zero-order chi connectivity index (χ0) is 14.8. The van der Waals surface area contributed by atoms with Crippen LogP contribution >= 0.6 is 11.3 Å². The highest BCUT2D eigenvalue weighted by Crippen LogP contribution is 2.30. The predicted octanol–water partition coefficient (Wildman–Crippen LogP) is 2.12. The van der Waals surface area contributed by atoms with E-state index in [9.17, 15) is 21.6 Å². The van der Waals surface area contributed by atoms with E-state index in [1.165, 1.54) is 0 Å². The summed E-state index contributed by atoms with van der Waals surface area (Å²) in [6.45, 7) is 0.437. The van der Waals surface area contributed by atoms with Crippen LogP contribution in [-0.2, 0) is 16.6 Å². The van der Waals surface area contributed by atoms with Crippen LogP contribution in [0.3, 0.4) is 0 Å². The molecule has 1 aromatic heterocycles. The van der Waals surface area contributed by atoms with Gasteiger partial charge < -0.3 is 5.11 Å². The Morgan fingerprint density at radius 3 is 2.47 bits per heavy atom. The van der Waals surface area contributed by atoms with Crippen LogP contribution in [0.25, 0.3) is 0 Å². The van der Waals surface area contributed by atoms with Crippen LogP contribution in [0.4, 0.5) is 13.2 Å². The van der Waals surface area contributed by atoms with E-state index in [4.69, 9.17) is 5.11 Å². The summed E-state index contributed by atoms with van der Waals surface area (Å²) < 4.78 is 61.3. The maximum Gasteiger partial charge on any atom is 0.390 e.